The fourth-order valence-corrected chi connectivity index (χ4v) is 2.70. The molecule has 0 spiro atoms. The molecular weight excluding hydrogens is 246 g/mol. The number of hydrogen-bond acceptors (Lipinski definition) is 2. The van der Waals surface area contributed by atoms with Gasteiger partial charge in [-0.1, -0.05) is 25.1 Å². The molecule has 0 aliphatic rings. The minimum absolute atomic E-state index is 0.814. The molecule has 3 aromatic rings. The lowest BCUT2D eigenvalue weighted by molar-refractivity contribution is 0.558. The van der Waals surface area contributed by atoms with E-state index in [1.165, 1.54) is 11.1 Å². The minimum atomic E-state index is 0.814. The van der Waals surface area contributed by atoms with Gasteiger partial charge in [-0.2, -0.15) is 0 Å². The Bertz CT molecular complexity index is 783. The van der Waals surface area contributed by atoms with Gasteiger partial charge in [0.25, 0.3) is 0 Å². The number of fused-ring (bicyclic) bond motifs is 1. The third-order valence-corrected chi connectivity index (χ3v) is 3.92. The van der Waals surface area contributed by atoms with Crippen LogP contribution in [0.25, 0.3) is 22.1 Å². The fraction of sp³-hybridized carbons (Fsp3) is 0.222. The first kappa shape index (κ1) is 12.8. The second-order valence-electron chi connectivity index (χ2n) is 5.27. The Balaban J connectivity index is 2.36. The SMILES string of the molecule is CCc1oc2ccccc2c1-c1cc(C)c(C)cc1N. The standard InChI is InChI=1S/C18H19NO/c1-4-16-18(13-7-5-6-8-17(13)20-16)14-9-11(2)12(3)10-15(14)19/h5-10H,4,19H2,1-3H3. The van der Waals surface area contributed by atoms with Crippen molar-refractivity contribution in [2.24, 2.45) is 0 Å². The van der Waals surface area contributed by atoms with Crippen molar-refractivity contribution in [2.75, 3.05) is 5.73 Å². The van der Waals surface area contributed by atoms with Gasteiger partial charge < -0.3 is 10.2 Å². The molecule has 0 saturated heterocycles. The summed E-state index contributed by atoms with van der Waals surface area (Å²) < 4.78 is 5.97. The first-order valence-corrected chi connectivity index (χ1v) is 6.99. The Morgan fingerprint density at radius 3 is 2.50 bits per heavy atom. The summed E-state index contributed by atoms with van der Waals surface area (Å²) in [5, 5.41) is 1.14. The summed E-state index contributed by atoms with van der Waals surface area (Å²) in [5.74, 6) is 1.00. The van der Waals surface area contributed by atoms with E-state index in [9.17, 15) is 0 Å². The van der Waals surface area contributed by atoms with E-state index in [1.54, 1.807) is 0 Å². The molecule has 0 aliphatic heterocycles. The van der Waals surface area contributed by atoms with Crippen LogP contribution in [0.15, 0.2) is 40.8 Å². The van der Waals surface area contributed by atoms with E-state index >= 15 is 0 Å². The van der Waals surface area contributed by atoms with Crippen LogP contribution in [0.4, 0.5) is 5.69 Å². The molecule has 1 aromatic heterocycles. The van der Waals surface area contributed by atoms with Crippen molar-refractivity contribution in [3.05, 3.63) is 53.3 Å². The van der Waals surface area contributed by atoms with Crippen molar-refractivity contribution < 1.29 is 4.42 Å². The van der Waals surface area contributed by atoms with E-state index in [0.717, 1.165) is 40.0 Å². The van der Waals surface area contributed by atoms with Crippen LogP contribution < -0.4 is 5.73 Å². The van der Waals surface area contributed by atoms with Crippen molar-refractivity contribution in [1.82, 2.24) is 0 Å². The average molecular weight is 265 g/mol. The van der Waals surface area contributed by atoms with Crippen molar-refractivity contribution in [1.29, 1.82) is 0 Å². The van der Waals surface area contributed by atoms with Gasteiger partial charge in [-0.25, -0.2) is 0 Å². The maximum absolute atomic E-state index is 6.25. The van der Waals surface area contributed by atoms with Crippen LogP contribution in [0.2, 0.25) is 0 Å². The Hall–Kier alpha value is -2.22. The summed E-state index contributed by atoms with van der Waals surface area (Å²) in [4.78, 5) is 0. The zero-order chi connectivity index (χ0) is 14.3. The third-order valence-electron chi connectivity index (χ3n) is 3.92. The lowest BCUT2D eigenvalue weighted by atomic mass is 9.95. The molecule has 0 amide bonds. The topological polar surface area (TPSA) is 39.2 Å². The van der Waals surface area contributed by atoms with Crippen LogP contribution in [-0.4, -0.2) is 0 Å². The van der Waals surface area contributed by atoms with Gasteiger partial charge in [0.2, 0.25) is 0 Å². The summed E-state index contributed by atoms with van der Waals surface area (Å²) in [6, 6.07) is 12.4. The van der Waals surface area contributed by atoms with Crippen LogP contribution in [0.3, 0.4) is 0 Å². The number of nitrogen functional groups attached to an aromatic ring is 1. The molecule has 2 N–H and O–H groups in total. The maximum atomic E-state index is 6.25. The highest BCUT2D eigenvalue weighted by Crippen LogP contribution is 2.38. The molecule has 0 fully saturated rings. The normalized spacial score (nSPS) is 11.2. The molecule has 102 valence electrons. The van der Waals surface area contributed by atoms with Crippen LogP contribution in [0.5, 0.6) is 0 Å². The Kier molecular flexibility index (Phi) is 3.01. The minimum Gasteiger partial charge on any atom is -0.460 e. The number of para-hydroxylation sites is 1. The average Bonchev–Trinajstić information content (AvgIpc) is 2.81. The first-order chi connectivity index (χ1) is 9.61. The van der Waals surface area contributed by atoms with Gasteiger partial charge in [0, 0.05) is 28.6 Å². The molecule has 0 atom stereocenters. The van der Waals surface area contributed by atoms with Gasteiger partial charge in [0.1, 0.15) is 11.3 Å². The number of aryl methyl sites for hydroxylation is 3. The van der Waals surface area contributed by atoms with Crippen molar-refractivity contribution in [2.45, 2.75) is 27.2 Å². The second-order valence-corrected chi connectivity index (χ2v) is 5.27. The third kappa shape index (κ3) is 1.88. The molecule has 3 rings (SSSR count). The Morgan fingerprint density at radius 1 is 1.05 bits per heavy atom. The highest BCUT2D eigenvalue weighted by Gasteiger charge is 2.17. The molecule has 0 unspecified atom stereocenters. The van der Waals surface area contributed by atoms with Crippen LogP contribution >= 0.6 is 0 Å². The molecule has 20 heavy (non-hydrogen) atoms. The fourth-order valence-electron chi connectivity index (χ4n) is 2.70. The Morgan fingerprint density at radius 2 is 1.75 bits per heavy atom. The zero-order valence-electron chi connectivity index (χ0n) is 12.2. The lowest BCUT2D eigenvalue weighted by Gasteiger charge is -2.10. The van der Waals surface area contributed by atoms with Gasteiger partial charge >= 0.3 is 0 Å². The van der Waals surface area contributed by atoms with Gasteiger partial charge in [0.15, 0.2) is 0 Å². The smallest absolute Gasteiger partial charge is 0.134 e. The van der Waals surface area contributed by atoms with Gasteiger partial charge in [-0.3, -0.25) is 0 Å². The summed E-state index contributed by atoms with van der Waals surface area (Å²) >= 11 is 0. The predicted octanol–water partition coefficient (Wildman–Crippen LogP) is 4.86. The van der Waals surface area contributed by atoms with Crippen molar-refractivity contribution >= 4 is 16.7 Å². The van der Waals surface area contributed by atoms with E-state index in [-0.39, 0.29) is 0 Å². The number of benzene rings is 2. The molecular formula is C18H19NO. The number of rotatable bonds is 2. The largest absolute Gasteiger partial charge is 0.460 e. The molecule has 1 heterocycles. The molecule has 0 saturated carbocycles. The van der Waals surface area contributed by atoms with Crippen molar-refractivity contribution in [3.8, 4) is 11.1 Å². The summed E-state index contributed by atoms with van der Waals surface area (Å²) in [6.07, 6.45) is 0.858. The van der Waals surface area contributed by atoms with E-state index in [2.05, 4.69) is 32.9 Å². The van der Waals surface area contributed by atoms with Crippen LogP contribution in [0.1, 0.15) is 23.8 Å². The molecule has 0 aliphatic carbocycles. The first-order valence-electron chi connectivity index (χ1n) is 6.99. The molecule has 0 bridgehead atoms. The van der Waals surface area contributed by atoms with E-state index in [4.69, 9.17) is 10.2 Å². The predicted molar refractivity (Wildman–Crippen MR) is 84.9 cm³/mol. The number of anilines is 1. The van der Waals surface area contributed by atoms with Gasteiger partial charge in [0.05, 0.1) is 0 Å². The summed E-state index contributed by atoms with van der Waals surface area (Å²) in [5.41, 5.74) is 12.7. The second kappa shape index (κ2) is 4.71. The molecule has 0 radical (unpaired) electrons. The van der Waals surface area contributed by atoms with Crippen molar-refractivity contribution in [3.63, 3.8) is 0 Å². The number of hydrogen-bond donors (Lipinski definition) is 1. The lowest BCUT2D eigenvalue weighted by Crippen LogP contribution is -1.94. The highest BCUT2D eigenvalue weighted by molar-refractivity contribution is 5.99. The van der Waals surface area contributed by atoms with E-state index in [1.807, 2.05) is 24.3 Å². The maximum Gasteiger partial charge on any atom is 0.134 e. The van der Waals surface area contributed by atoms with Crippen LogP contribution in [0, 0.1) is 13.8 Å². The Labute approximate surface area is 119 Å². The van der Waals surface area contributed by atoms with E-state index in [0.29, 0.717) is 0 Å². The molecule has 2 nitrogen and oxygen atoms in total. The van der Waals surface area contributed by atoms with Crippen LogP contribution in [-0.2, 0) is 6.42 Å². The number of furan rings is 1. The summed E-state index contributed by atoms with van der Waals surface area (Å²) in [7, 11) is 0. The van der Waals surface area contributed by atoms with E-state index < -0.39 is 0 Å². The number of nitrogens with two attached hydrogens (primary N) is 1. The molecule has 2 heteroatoms. The summed E-state index contributed by atoms with van der Waals surface area (Å²) in [6.45, 7) is 6.31. The zero-order valence-corrected chi connectivity index (χ0v) is 12.2. The monoisotopic (exact) mass is 265 g/mol. The highest BCUT2D eigenvalue weighted by atomic mass is 16.3. The van der Waals surface area contributed by atoms with Gasteiger partial charge in [-0.05, 0) is 43.2 Å². The van der Waals surface area contributed by atoms with Gasteiger partial charge in [-0.15, -0.1) is 0 Å². The quantitative estimate of drug-likeness (QED) is 0.672. The molecule has 2 aromatic carbocycles.